The molecule has 0 radical (unpaired) electrons. The van der Waals surface area contributed by atoms with Crippen molar-refractivity contribution in [2.24, 2.45) is 0 Å². The summed E-state index contributed by atoms with van der Waals surface area (Å²) < 4.78 is 5.42. The molecule has 0 aromatic heterocycles. The zero-order valence-electron chi connectivity index (χ0n) is 10.8. The molecular formula is C12H18N2O5. The highest BCUT2D eigenvalue weighted by atomic mass is 16.5. The van der Waals surface area contributed by atoms with E-state index in [-0.39, 0.29) is 6.10 Å². The van der Waals surface area contributed by atoms with Gasteiger partial charge in [0.05, 0.1) is 6.10 Å². The summed E-state index contributed by atoms with van der Waals surface area (Å²) in [6.45, 7) is 3.37. The molecule has 0 aromatic rings. The van der Waals surface area contributed by atoms with Crippen LogP contribution in [-0.4, -0.2) is 53.7 Å². The first-order valence-corrected chi connectivity index (χ1v) is 6.15. The van der Waals surface area contributed by atoms with Crippen molar-refractivity contribution in [3.63, 3.8) is 0 Å². The number of carbonyl (C=O) groups excluding carboxylic acids is 2. The first-order valence-electron chi connectivity index (χ1n) is 6.15. The van der Waals surface area contributed by atoms with Gasteiger partial charge in [-0.3, -0.25) is 10.1 Å². The average Bonchev–Trinajstić information content (AvgIpc) is 2.86. The van der Waals surface area contributed by atoms with E-state index in [2.05, 4.69) is 5.32 Å². The van der Waals surface area contributed by atoms with Gasteiger partial charge in [-0.1, -0.05) is 0 Å². The second kappa shape index (κ2) is 7.52. The van der Waals surface area contributed by atoms with Crippen LogP contribution in [0.15, 0.2) is 12.2 Å². The number of hydrogen-bond acceptors (Lipinski definition) is 4. The highest BCUT2D eigenvalue weighted by Crippen LogP contribution is 2.13. The largest absolute Gasteiger partial charge is 0.478 e. The molecular weight excluding hydrogens is 252 g/mol. The van der Waals surface area contributed by atoms with Gasteiger partial charge in [0.2, 0.25) is 0 Å². The number of aliphatic carboxylic acids is 1. The summed E-state index contributed by atoms with van der Waals surface area (Å²) in [4.78, 5) is 34.7. The molecule has 7 nitrogen and oxygen atoms in total. The normalized spacial score (nSPS) is 18.5. The van der Waals surface area contributed by atoms with Gasteiger partial charge < -0.3 is 14.7 Å². The number of carboxylic acid groups (broad SMARTS) is 1. The Labute approximate surface area is 111 Å². The van der Waals surface area contributed by atoms with E-state index in [4.69, 9.17) is 9.84 Å². The van der Waals surface area contributed by atoms with Crippen molar-refractivity contribution >= 4 is 17.9 Å². The summed E-state index contributed by atoms with van der Waals surface area (Å²) in [6.07, 6.45) is 3.37. The second-order valence-electron chi connectivity index (χ2n) is 4.14. The van der Waals surface area contributed by atoms with Crippen LogP contribution in [0, 0.1) is 0 Å². The number of hydrogen-bond donors (Lipinski definition) is 2. The predicted molar refractivity (Wildman–Crippen MR) is 66.5 cm³/mol. The standard InChI is InChI=1S/C12H18N2O5/c1-2-14(8-9-4-3-7-19-9)12(18)13-10(15)5-6-11(16)17/h5-6,9H,2-4,7-8H2,1H3,(H,16,17)(H,13,15,18)/b6-5+. The number of urea groups is 1. The maximum absolute atomic E-state index is 11.8. The summed E-state index contributed by atoms with van der Waals surface area (Å²) in [5.74, 6) is -1.99. The van der Waals surface area contributed by atoms with Crippen LogP contribution >= 0.6 is 0 Å². The van der Waals surface area contributed by atoms with Gasteiger partial charge in [0.25, 0.3) is 5.91 Å². The second-order valence-corrected chi connectivity index (χ2v) is 4.14. The number of nitrogens with zero attached hydrogens (tertiary/aromatic N) is 1. The fraction of sp³-hybridized carbons (Fsp3) is 0.583. The molecule has 0 aliphatic carbocycles. The Kier molecular flexibility index (Phi) is 6.01. The van der Waals surface area contributed by atoms with E-state index < -0.39 is 17.9 Å². The van der Waals surface area contributed by atoms with Crippen LogP contribution in [0.1, 0.15) is 19.8 Å². The Hall–Kier alpha value is -1.89. The van der Waals surface area contributed by atoms with Gasteiger partial charge in [-0.2, -0.15) is 0 Å². The lowest BCUT2D eigenvalue weighted by atomic mass is 10.2. The average molecular weight is 270 g/mol. The van der Waals surface area contributed by atoms with Gasteiger partial charge in [0.15, 0.2) is 0 Å². The topological polar surface area (TPSA) is 95.9 Å². The van der Waals surface area contributed by atoms with Gasteiger partial charge in [-0.15, -0.1) is 0 Å². The van der Waals surface area contributed by atoms with E-state index in [0.29, 0.717) is 25.8 Å². The highest BCUT2D eigenvalue weighted by molar-refractivity contribution is 6.02. The third-order valence-electron chi connectivity index (χ3n) is 2.72. The molecule has 0 spiro atoms. The summed E-state index contributed by atoms with van der Waals surface area (Å²) in [5.41, 5.74) is 0. The van der Waals surface area contributed by atoms with E-state index in [1.807, 2.05) is 0 Å². The molecule has 0 saturated carbocycles. The third-order valence-corrected chi connectivity index (χ3v) is 2.72. The number of carbonyl (C=O) groups is 3. The Morgan fingerprint density at radius 3 is 2.68 bits per heavy atom. The van der Waals surface area contributed by atoms with Crippen LogP contribution < -0.4 is 5.32 Å². The number of likely N-dealkylation sites (N-methyl/N-ethyl adjacent to an activating group) is 1. The molecule has 3 amide bonds. The van der Waals surface area contributed by atoms with Crippen molar-refractivity contribution in [3.05, 3.63) is 12.2 Å². The molecule has 1 heterocycles. The molecule has 1 unspecified atom stereocenters. The first kappa shape index (κ1) is 15.2. The lowest BCUT2D eigenvalue weighted by molar-refractivity contribution is -0.131. The lowest BCUT2D eigenvalue weighted by Crippen LogP contribution is -2.45. The molecule has 1 rings (SSSR count). The van der Waals surface area contributed by atoms with Crippen molar-refractivity contribution in [2.45, 2.75) is 25.9 Å². The zero-order chi connectivity index (χ0) is 14.3. The van der Waals surface area contributed by atoms with Crippen molar-refractivity contribution < 1.29 is 24.2 Å². The first-order chi connectivity index (χ1) is 9.02. The van der Waals surface area contributed by atoms with E-state index in [0.717, 1.165) is 18.9 Å². The number of nitrogens with one attached hydrogen (secondary N) is 1. The van der Waals surface area contributed by atoms with Crippen LogP contribution in [0.4, 0.5) is 4.79 Å². The molecule has 1 saturated heterocycles. The van der Waals surface area contributed by atoms with Crippen LogP contribution in [0.3, 0.4) is 0 Å². The number of imide groups is 1. The molecule has 106 valence electrons. The molecule has 19 heavy (non-hydrogen) atoms. The monoisotopic (exact) mass is 270 g/mol. The predicted octanol–water partition coefficient (Wildman–Crippen LogP) is 0.364. The van der Waals surface area contributed by atoms with E-state index in [1.165, 1.54) is 4.90 Å². The van der Waals surface area contributed by atoms with E-state index in [1.54, 1.807) is 6.92 Å². The lowest BCUT2D eigenvalue weighted by Gasteiger charge is -2.23. The molecule has 1 atom stereocenters. The number of carboxylic acids is 1. The van der Waals surface area contributed by atoms with Crippen LogP contribution in [0.25, 0.3) is 0 Å². The summed E-state index contributed by atoms with van der Waals surface area (Å²) in [7, 11) is 0. The molecule has 1 aliphatic rings. The van der Waals surface area contributed by atoms with E-state index >= 15 is 0 Å². The number of ether oxygens (including phenoxy) is 1. The molecule has 7 heteroatoms. The van der Waals surface area contributed by atoms with Gasteiger partial charge in [0, 0.05) is 31.8 Å². The zero-order valence-corrected chi connectivity index (χ0v) is 10.8. The van der Waals surface area contributed by atoms with Crippen molar-refractivity contribution in [1.29, 1.82) is 0 Å². The number of amides is 3. The SMILES string of the molecule is CCN(CC1CCCO1)C(=O)NC(=O)/C=C/C(=O)O. The summed E-state index contributed by atoms with van der Waals surface area (Å²) >= 11 is 0. The minimum Gasteiger partial charge on any atom is -0.478 e. The van der Waals surface area contributed by atoms with E-state index in [9.17, 15) is 14.4 Å². The molecule has 0 bridgehead atoms. The van der Waals surface area contributed by atoms with Gasteiger partial charge in [-0.05, 0) is 19.8 Å². The Morgan fingerprint density at radius 1 is 1.42 bits per heavy atom. The minimum atomic E-state index is -1.24. The molecule has 1 fully saturated rings. The van der Waals surface area contributed by atoms with Crippen molar-refractivity contribution in [2.75, 3.05) is 19.7 Å². The van der Waals surface area contributed by atoms with Crippen LogP contribution in [0.5, 0.6) is 0 Å². The fourth-order valence-electron chi connectivity index (χ4n) is 1.76. The fourth-order valence-corrected chi connectivity index (χ4v) is 1.76. The van der Waals surface area contributed by atoms with Crippen LogP contribution in [0.2, 0.25) is 0 Å². The smallest absolute Gasteiger partial charge is 0.328 e. The molecule has 1 aliphatic heterocycles. The minimum absolute atomic E-state index is 0.00960. The Morgan fingerprint density at radius 2 is 2.16 bits per heavy atom. The third kappa shape index (κ3) is 5.52. The summed E-state index contributed by atoms with van der Waals surface area (Å²) in [5, 5.41) is 10.5. The highest BCUT2D eigenvalue weighted by Gasteiger charge is 2.22. The Bertz CT molecular complexity index is 374. The van der Waals surface area contributed by atoms with Crippen LogP contribution in [-0.2, 0) is 14.3 Å². The van der Waals surface area contributed by atoms with Crippen molar-refractivity contribution in [3.8, 4) is 0 Å². The van der Waals surface area contributed by atoms with Gasteiger partial charge in [-0.25, -0.2) is 9.59 Å². The maximum atomic E-state index is 11.8. The Balaban J connectivity index is 2.44. The van der Waals surface area contributed by atoms with Gasteiger partial charge >= 0.3 is 12.0 Å². The maximum Gasteiger partial charge on any atom is 0.328 e. The van der Waals surface area contributed by atoms with Gasteiger partial charge in [0.1, 0.15) is 0 Å². The summed E-state index contributed by atoms with van der Waals surface area (Å²) in [6, 6.07) is -0.543. The molecule has 2 N–H and O–H groups in total. The number of rotatable bonds is 5. The van der Waals surface area contributed by atoms with Crippen molar-refractivity contribution in [1.82, 2.24) is 10.2 Å². The molecule has 0 aromatic carbocycles. The quantitative estimate of drug-likeness (QED) is 0.703.